The third-order valence-corrected chi connectivity index (χ3v) is 4.77. The molecule has 1 aliphatic rings. The first-order chi connectivity index (χ1) is 10.1. The van der Waals surface area contributed by atoms with E-state index >= 15 is 0 Å². The summed E-state index contributed by atoms with van der Waals surface area (Å²) in [7, 11) is 0. The molecule has 112 valence electrons. The fourth-order valence-corrected chi connectivity index (χ4v) is 3.31. The van der Waals surface area contributed by atoms with Crippen molar-refractivity contribution in [3.63, 3.8) is 0 Å². The summed E-state index contributed by atoms with van der Waals surface area (Å²) in [6.45, 7) is 12.3. The molecule has 1 unspecified atom stereocenters. The van der Waals surface area contributed by atoms with Gasteiger partial charge in [0.05, 0.1) is 0 Å². The fourth-order valence-electron chi connectivity index (χ4n) is 2.37. The highest BCUT2D eigenvalue weighted by molar-refractivity contribution is 8.03. The van der Waals surface area contributed by atoms with Crippen molar-refractivity contribution in [2.24, 2.45) is 0 Å². The second-order valence-corrected chi connectivity index (χ2v) is 6.46. The van der Waals surface area contributed by atoms with E-state index in [4.69, 9.17) is 0 Å². The van der Waals surface area contributed by atoms with Crippen molar-refractivity contribution in [2.45, 2.75) is 38.6 Å². The molecule has 3 heteroatoms. The smallest absolute Gasteiger partial charge is 0.149 e. The van der Waals surface area contributed by atoms with E-state index in [1.54, 1.807) is 0 Å². The topological polar surface area (TPSA) is 24.1 Å². The summed E-state index contributed by atoms with van der Waals surface area (Å²) in [5.41, 5.74) is 4.96. The van der Waals surface area contributed by atoms with Gasteiger partial charge in [-0.3, -0.25) is 0 Å². The first-order valence-electron chi connectivity index (χ1n) is 7.42. The average molecular weight is 300 g/mol. The van der Waals surface area contributed by atoms with Gasteiger partial charge in [0.25, 0.3) is 0 Å². The molecular weight excluding hydrogens is 276 g/mol. The minimum Gasteiger partial charge on any atom is -0.362 e. The van der Waals surface area contributed by atoms with E-state index in [9.17, 15) is 0 Å². The zero-order valence-corrected chi connectivity index (χ0v) is 13.7. The number of hydrogen-bond acceptors (Lipinski definition) is 3. The van der Waals surface area contributed by atoms with Gasteiger partial charge in [-0.05, 0) is 42.9 Å². The molecule has 2 N–H and O–H groups in total. The maximum Gasteiger partial charge on any atom is 0.149 e. The van der Waals surface area contributed by atoms with Gasteiger partial charge in [0, 0.05) is 16.8 Å². The van der Waals surface area contributed by atoms with Gasteiger partial charge in [-0.15, -0.1) is 6.58 Å². The molecule has 0 saturated heterocycles. The molecule has 2 rings (SSSR count). The van der Waals surface area contributed by atoms with Crippen LogP contribution in [0.25, 0.3) is 5.70 Å². The van der Waals surface area contributed by atoms with Crippen molar-refractivity contribution in [2.75, 3.05) is 0 Å². The predicted octanol–water partition coefficient (Wildman–Crippen LogP) is 4.55. The Kier molecular flexibility index (Phi) is 5.57. The van der Waals surface area contributed by atoms with Gasteiger partial charge in [-0.25, -0.2) is 0 Å². The summed E-state index contributed by atoms with van der Waals surface area (Å²) in [5, 5.41) is 6.79. The number of allylic oxidation sites excluding steroid dienone is 2. The molecule has 21 heavy (non-hydrogen) atoms. The molecule has 1 aromatic carbocycles. The van der Waals surface area contributed by atoms with Crippen LogP contribution in [0.3, 0.4) is 0 Å². The van der Waals surface area contributed by atoms with Crippen LogP contribution >= 0.6 is 11.8 Å². The van der Waals surface area contributed by atoms with Crippen molar-refractivity contribution in [1.82, 2.24) is 10.6 Å². The maximum absolute atomic E-state index is 4.19. The monoisotopic (exact) mass is 300 g/mol. The lowest BCUT2D eigenvalue weighted by Crippen LogP contribution is -2.32. The zero-order chi connectivity index (χ0) is 15.2. The van der Waals surface area contributed by atoms with Crippen molar-refractivity contribution in [3.05, 3.63) is 65.2 Å². The zero-order valence-electron chi connectivity index (χ0n) is 12.9. The lowest BCUT2D eigenvalue weighted by molar-refractivity contribution is 0.737. The van der Waals surface area contributed by atoms with Gasteiger partial charge in [-0.1, -0.05) is 49.5 Å². The van der Waals surface area contributed by atoms with Crippen LogP contribution in [0.5, 0.6) is 0 Å². The minimum absolute atomic E-state index is 0.187. The molecule has 1 heterocycles. The largest absolute Gasteiger partial charge is 0.362 e. The third-order valence-electron chi connectivity index (χ3n) is 3.57. The molecule has 0 radical (unpaired) electrons. The maximum atomic E-state index is 4.19. The lowest BCUT2D eigenvalue weighted by Gasteiger charge is -2.18. The van der Waals surface area contributed by atoms with E-state index in [1.165, 1.54) is 21.6 Å². The normalized spacial score (nSPS) is 17.0. The number of benzene rings is 1. The molecule has 0 aromatic heterocycles. The van der Waals surface area contributed by atoms with Crippen molar-refractivity contribution >= 4 is 17.5 Å². The van der Waals surface area contributed by atoms with Crippen LogP contribution in [0, 0.1) is 6.92 Å². The summed E-state index contributed by atoms with van der Waals surface area (Å²) in [4.78, 5) is 1.37. The van der Waals surface area contributed by atoms with Crippen LogP contribution in [0.4, 0.5) is 0 Å². The standard InChI is InChI=1S/C18H24N2S/c1-5-7-8-15-9-10-17(13(3)11-15)14(4)20-18-19-12-16(6-2)21-18/h5,9-12,18-20H,1,4,6-8H2,2-3H3. The third kappa shape index (κ3) is 4.18. The first kappa shape index (κ1) is 15.8. The van der Waals surface area contributed by atoms with Crippen LogP contribution < -0.4 is 10.6 Å². The number of rotatable bonds is 7. The second kappa shape index (κ2) is 7.41. The number of hydrogen-bond donors (Lipinski definition) is 2. The van der Waals surface area contributed by atoms with Gasteiger partial charge in [0.2, 0.25) is 0 Å². The molecule has 0 bridgehead atoms. The second-order valence-electron chi connectivity index (χ2n) is 5.23. The van der Waals surface area contributed by atoms with Gasteiger partial charge in [-0.2, -0.15) is 0 Å². The van der Waals surface area contributed by atoms with Gasteiger partial charge >= 0.3 is 0 Å². The van der Waals surface area contributed by atoms with E-state index in [0.29, 0.717) is 0 Å². The summed E-state index contributed by atoms with van der Waals surface area (Å²) in [5.74, 6) is 0. The molecule has 0 fully saturated rings. The summed E-state index contributed by atoms with van der Waals surface area (Å²) < 4.78 is 0. The highest BCUT2D eigenvalue weighted by Crippen LogP contribution is 2.28. The molecule has 0 aliphatic carbocycles. The van der Waals surface area contributed by atoms with E-state index < -0.39 is 0 Å². The summed E-state index contributed by atoms with van der Waals surface area (Å²) in [6.07, 6.45) is 7.19. The summed E-state index contributed by atoms with van der Waals surface area (Å²) >= 11 is 1.82. The van der Waals surface area contributed by atoms with Crippen LogP contribution in [-0.4, -0.2) is 5.50 Å². The van der Waals surface area contributed by atoms with Crippen LogP contribution in [0.1, 0.15) is 36.5 Å². The fraction of sp³-hybridized carbons (Fsp3) is 0.333. The Labute approximate surface area is 132 Å². The lowest BCUT2D eigenvalue weighted by atomic mass is 10.0. The van der Waals surface area contributed by atoms with Gasteiger partial charge in [0.15, 0.2) is 0 Å². The Morgan fingerprint density at radius 1 is 1.48 bits per heavy atom. The van der Waals surface area contributed by atoms with E-state index in [-0.39, 0.29) is 5.50 Å². The SMILES string of the molecule is C=CCCc1ccc(C(=C)NC2NC=C(CC)S2)c(C)c1. The predicted molar refractivity (Wildman–Crippen MR) is 94.8 cm³/mol. The van der Waals surface area contributed by atoms with E-state index in [0.717, 1.165) is 25.0 Å². The Morgan fingerprint density at radius 2 is 2.29 bits per heavy atom. The van der Waals surface area contributed by atoms with E-state index in [2.05, 4.69) is 62.0 Å². The summed E-state index contributed by atoms with van der Waals surface area (Å²) in [6, 6.07) is 6.59. The van der Waals surface area contributed by atoms with Gasteiger partial charge in [0.1, 0.15) is 5.50 Å². The number of nitrogens with one attached hydrogen (secondary N) is 2. The van der Waals surface area contributed by atoms with Crippen molar-refractivity contribution in [3.8, 4) is 0 Å². The van der Waals surface area contributed by atoms with Crippen molar-refractivity contribution < 1.29 is 0 Å². The Bertz CT molecular complexity index is 560. The Morgan fingerprint density at radius 3 is 2.90 bits per heavy atom. The van der Waals surface area contributed by atoms with Crippen molar-refractivity contribution in [1.29, 1.82) is 0 Å². The molecule has 1 aromatic rings. The highest BCUT2D eigenvalue weighted by Gasteiger charge is 2.16. The van der Waals surface area contributed by atoms with Gasteiger partial charge < -0.3 is 10.6 Å². The molecule has 0 spiro atoms. The number of aryl methyl sites for hydroxylation is 2. The molecule has 0 amide bonds. The van der Waals surface area contributed by atoms with Crippen LogP contribution in [-0.2, 0) is 6.42 Å². The van der Waals surface area contributed by atoms with E-state index in [1.807, 2.05) is 17.8 Å². The minimum atomic E-state index is 0.187. The van der Waals surface area contributed by atoms with Crippen LogP contribution in [0.2, 0.25) is 0 Å². The van der Waals surface area contributed by atoms with Crippen LogP contribution in [0.15, 0.2) is 48.5 Å². The first-order valence-corrected chi connectivity index (χ1v) is 8.30. The molecule has 1 aliphatic heterocycles. The molecule has 2 nitrogen and oxygen atoms in total. The average Bonchev–Trinajstić information content (AvgIpc) is 2.92. The Balaban J connectivity index is 1.98. The molecule has 0 saturated carbocycles. The number of thioether (sulfide) groups is 1. The molecule has 1 atom stereocenters. The molecular formula is C18H24N2S. The Hall–Kier alpha value is -1.61. The highest BCUT2D eigenvalue weighted by atomic mass is 32.2. The quantitative estimate of drug-likeness (QED) is 0.723.